The molecule has 156 valence electrons. The molecule has 0 spiro atoms. The van der Waals surface area contributed by atoms with Gasteiger partial charge in [0, 0.05) is 49.0 Å². The third kappa shape index (κ3) is 4.97. The maximum atomic E-state index is 12.7. The van der Waals surface area contributed by atoms with E-state index in [4.69, 9.17) is 0 Å². The molecule has 30 heavy (non-hydrogen) atoms. The number of carbonyl (C=O) groups is 3. The molecule has 7 heteroatoms. The highest BCUT2D eigenvalue weighted by atomic mass is 16.2. The van der Waals surface area contributed by atoms with Gasteiger partial charge in [0.25, 0.3) is 5.91 Å². The van der Waals surface area contributed by atoms with Crippen molar-refractivity contribution >= 4 is 29.2 Å². The number of amides is 4. The molecule has 1 saturated carbocycles. The van der Waals surface area contributed by atoms with Gasteiger partial charge in [-0.1, -0.05) is 18.2 Å². The summed E-state index contributed by atoms with van der Waals surface area (Å²) in [4.78, 5) is 40.7. The molecule has 0 aromatic heterocycles. The molecule has 0 bridgehead atoms. The van der Waals surface area contributed by atoms with Gasteiger partial charge in [0.1, 0.15) is 0 Å². The molecule has 2 aliphatic rings. The summed E-state index contributed by atoms with van der Waals surface area (Å²) in [5, 5.41) is 5.79. The van der Waals surface area contributed by atoms with Crippen molar-refractivity contribution in [3.8, 4) is 0 Å². The molecule has 0 atom stereocenters. The van der Waals surface area contributed by atoms with Crippen LogP contribution >= 0.6 is 0 Å². The van der Waals surface area contributed by atoms with Crippen LogP contribution in [0.15, 0.2) is 54.6 Å². The first-order valence-electron chi connectivity index (χ1n) is 10.4. The zero-order valence-corrected chi connectivity index (χ0v) is 16.8. The SMILES string of the molecule is O=C(Nc1ccc(NC(=O)N2CCCN(C(=O)c3ccccc3)CC2)cc1)C1CC1. The second kappa shape index (κ2) is 8.98. The Bertz CT molecular complexity index is 910. The predicted molar refractivity (Wildman–Crippen MR) is 115 cm³/mol. The van der Waals surface area contributed by atoms with Crippen LogP contribution in [-0.4, -0.2) is 53.8 Å². The van der Waals surface area contributed by atoms with E-state index in [-0.39, 0.29) is 23.8 Å². The van der Waals surface area contributed by atoms with Crippen LogP contribution in [0.1, 0.15) is 29.6 Å². The Balaban J connectivity index is 1.29. The van der Waals surface area contributed by atoms with E-state index in [1.807, 2.05) is 30.3 Å². The van der Waals surface area contributed by atoms with Gasteiger partial charge in [-0.2, -0.15) is 0 Å². The van der Waals surface area contributed by atoms with Crippen molar-refractivity contribution in [3.05, 3.63) is 60.2 Å². The first-order valence-corrected chi connectivity index (χ1v) is 10.4. The van der Waals surface area contributed by atoms with E-state index in [9.17, 15) is 14.4 Å². The third-order valence-corrected chi connectivity index (χ3v) is 5.44. The molecule has 1 aliphatic carbocycles. The van der Waals surface area contributed by atoms with Gasteiger partial charge in [-0.05, 0) is 55.7 Å². The number of hydrogen-bond donors (Lipinski definition) is 2. The minimum absolute atomic E-state index is 0.00157. The molecule has 2 fully saturated rings. The van der Waals surface area contributed by atoms with Crippen LogP contribution in [0.3, 0.4) is 0 Å². The fourth-order valence-corrected chi connectivity index (χ4v) is 3.52. The summed E-state index contributed by atoms with van der Waals surface area (Å²) in [5.74, 6) is 0.216. The van der Waals surface area contributed by atoms with Crippen molar-refractivity contribution in [2.75, 3.05) is 36.8 Å². The predicted octanol–water partition coefficient (Wildman–Crippen LogP) is 3.42. The van der Waals surface area contributed by atoms with Gasteiger partial charge in [-0.3, -0.25) is 9.59 Å². The van der Waals surface area contributed by atoms with Crippen molar-refractivity contribution in [2.24, 2.45) is 5.92 Å². The van der Waals surface area contributed by atoms with Crippen LogP contribution in [0.2, 0.25) is 0 Å². The third-order valence-electron chi connectivity index (χ3n) is 5.44. The fourth-order valence-electron chi connectivity index (χ4n) is 3.52. The Hall–Kier alpha value is -3.35. The lowest BCUT2D eigenvalue weighted by atomic mass is 10.2. The van der Waals surface area contributed by atoms with Crippen LogP contribution < -0.4 is 10.6 Å². The number of rotatable bonds is 4. The number of nitrogens with zero attached hydrogens (tertiary/aromatic N) is 2. The second-order valence-corrected chi connectivity index (χ2v) is 7.77. The lowest BCUT2D eigenvalue weighted by Crippen LogP contribution is -2.39. The van der Waals surface area contributed by atoms with E-state index >= 15 is 0 Å². The molecule has 4 amide bonds. The maximum Gasteiger partial charge on any atom is 0.321 e. The summed E-state index contributed by atoms with van der Waals surface area (Å²) in [6.07, 6.45) is 2.66. The molecule has 0 unspecified atom stereocenters. The Morgan fingerprint density at radius 1 is 0.733 bits per heavy atom. The average Bonchev–Trinajstić information content (AvgIpc) is 3.62. The number of carbonyl (C=O) groups excluding carboxylic acids is 3. The minimum Gasteiger partial charge on any atom is -0.337 e. The number of benzene rings is 2. The largest absolute Gasteiger partial charge is 0.337 e. The average molecular weight is 406 g/mol. The Kier molecular flexibility index (Phi) is 5.97. The van der Waals surface area contributed by atoms with Crippen molar-refractivity contribution in [1.82, 2.24) is 9.80 Å². The van der Waals surface area contributed by atoms with Crippen LogP contribution in [0.5, 0.6) is 0 Å². The number of urea groups is 1. The first kappa shape index (κ1) is 19.9. The van der Waals surface area contributed by atoms with Crippen LogP contribution in [0.4, 0.5) is 16.2 Å². The monoisotopic (exact) mass is 406 g/mol. The van der Waals surface area contributed by atoms with Crippen molar-refractivity contribution in [1.29, 1.82) is 0 Å². The highest BCUT2D eigenvalue weighted by molar-refractivity contribution is 5.95. The molecular weight excluding hydrogens is 380 g/mol. The summed E-state index contributed by atoms with van der Waals surface area (Å²) in [5.41, 5.74) is 2.07. The second-order valence-electron chi connectivity index (χ2n) is 7.77. The van der Waals surface area contributed by atoms with E-state index in [1.54, 1.807) is 34.1 Å². The van der Waals surface area contributed by atoms with Gasteiger partial charge in [-0.15, -0.1) is 0 Å². The summed E-state index contributed by atoms with van der Waals surface area (Å²) in [6.45, 7) is 2.22. The molecule has 1 heterocycles. The lowest BCUT2D eigenvalue weighted by molar-refractivity contribution is -0.117. The Morgan fingerprint density at radius 2 is 1.33 bits per heavy atom. The topological polar surface area (TPSA) is 81.8 Å². The van der Waals surface area contributed by atoms with E-state index in [1.165, 1.54) is 0 Å². The van der Waals surface area contributed by atoms with Gasteiger partial charge in [0.05, 0.1) is 0 Å². The van der Waals surface area contributed by atoms with Gasteiger partial charge in [0.15, 0.2) is 0 Å². The lowest BCUT2D eigenvalue weighted by Gasteiger charge is -2.22. The van der Waals surface area contributed by atoms with Gasteiger partial charge < -0.3 is 20.4 Å². The zero-order valence-electron chi connectivity index (χ0n) is 16.8. The number of anilines is 2. The van der Waals surface area contributed by atoms with Crippen LogP contribution in [-0.2, 0) is 4.79 Å². The molecule has 2 N–H and O–H groups in total. The summed E-state index contributed by atoms with van der Waals surface area (Å²) >= 11 is 0. The molecule has 2 aromatic rings. The number of nitrogens with one attached hydrogen (secondary N) is 2. The van der Waals surface area contributed by atoms with Crippen LogP contribution in [0, 0.1) is 5.92 Å². The smallest absolute Gasteiger partial charge is 0.321 e. The molecule has 0 radical (unpaired) electrons. The van der Waals surface area contributed by atoms with E-state index in [0.29, 0.717) is 37.4 Å². The first-order chi connectivity index (χ1) is 14.6. The minimum atomic E-state index is -0.182. The van der Waals surface area contributed by atoms with E-state index in [2.05, 4.69) is 10.6 Å². The van der Waals surface area contributed by atoms with Crippen molar-refractivity contribution < 1.29 is 14.4 Å². The van der Waals surface area contributed by atoms with Crippen molar-refractivity contribution in [2.45, 2.75) is 19.3 Å². The van der Waals surface area contributed by atoms with Gasteiger partial charge >= 0.3 is 6.03 Å². The highest BCUT2D eigenvalue weighted by Gasteiger charge is 2.29. The molecule has 4 rings (SSSR count). The summed E-state index contributed by atoms with van der Waals surface area (Å²) in [7, 11) is 0. The summed E-state index contributed by atoms with van der Waals surface area (Å²) in [6, 6.07) is 16.2. The zero-order chi connectivity index (χ0) is 20.9. The highest BCUT2D eigenvalue weighted by Crippen LogP contribution is 2.30. The number of hydrogen-bond acceptors (Lipinski definition) is 3. The summed E-state index contributed by atoms with van der Waals surface area (Å²) < 4.78 is 0. The van der Waals surface area contributed by atoms with Crippen LogP contribution in [0.25, 0.3) is 0 Å². The standard InChI is InChI=1S/C23H26N4O3/c28-21(17-7-8-17)24-19-9-11-20(12-10-19)25-23(30)27-14-4-13-26(15-16-27)22(29)18-5-2-1-3-6-18/h1-3,5-6,9-12,17H,4,7-8,13-16H2,(H,24,28)(H,25,30). The quantitative estimate of drug-likeness (QED) is 0.816. The molecule has 7 nitrogen and oxygen atoms in total. The van der Waals surface area contributed by atoms with Gasteiger partial charge in [-0.25, -0.2) is 4.79 Å². The van der Waals surface area contributed by atoms with Gasteiger partial charge in [0.2, 0.25) is 5.91 Å². The van der Waals surface area contributed by atoms with E-state index < -0.39 is 0 Å². The van der Waals surface area contributed by atoms with E-state index in [0.717, 1.165) is 24.9 Å². The van der Waals surface area contributed by atoms with Crippen molar-refractivity contribution in [3.63, 3.8) is 0 Å². The molecule has 1 saturated heterocycles. The Morgan fingerprint density at radius 3 is 2.00 bits per heavy atom. The molecule has 2 aromatic carbocycles. The fraction of sp³-hybridized carbons (Fsp3) is 0.348. The normalized spacial score (nSPS) is 16.5. The maximum absolute atomic E-state index is 12.7. The molecule has 1 aliphatic heterocycles. The Labute approximate surface area is 176 Å². The molecular formula is C23H26N4O3.